The Morgan fingerprint density at radius 2 is 1.77 bits per heavy atom. The van der Waals surface area contributed by atoms with Crippen molar-refractivity contribution in [2.24, 2.45) is 7.05 Å². The van der Waals surface area contributed by atoms with Crippen LogP contribution in [0.15, 0.2) is 36.5 Å². The molecule has 3 heterocycles. The number of para-hydroxylation sites is 1. The minimum Gasteiger partial charge on any atom is -0.368 e. The van der Waals surface area contributed by atoms with E-state index in [1.54, 1.807) is 16.6 Å². The summed E-state index contributed by atoms with van der Waals surface area (Å²) < 4.78 is 31.0. The van der Waals surface area contributed by atoms with Crippen molar-refractivity contribution in [3.63, 3.8) is 0 Å². The van der Waals surface area contributed by atoms with Gasteiger partial charge >= 0.3 is 0 Å². The van der Waals surface area contributed by atoms with Crippen molar-refractivity contribution in [1.29, 1.82) is 0 Å². The number of nitrogens with zero attached hydrogens (tertiary/aromatic N) is 5. The molecule has 1 aromatic heterocycles. The molecule has 0 saturated carbocycles. The van der Waals surface area contributed by atoms with Crippen LogP contribution in [0.2, 0.25) is 0 Å². The maximum Gasteiger partial charge on any atom is 0.280 e. The van der Waals surface area contributed by atoms with Crippen molar-refractivity contribution in [3.8, 4) is 0 Å². The van der Waals surface area contributed by atoms with E-state index in [-0.39, 0.29) is 5.91 Å². The Labute approximate surface area is 177 Å². The summed E-state index contributed by atoms with van der Waals surface area (Å²) >= 11 is 0. The number of aromatic nitrogens is 2. The van der Waals surface area contributed by atoms with E-state index in [4.69, 9.17) is 0 Å². The number of piperazine rings is 1. The molecule has 2 aromatic rings. The molecule has 2 saturated heterocycles. The zero-order chi connectivity index (χ0) is 21.5. The number of amides is 1. The molecule has 0 bridgehead atoms. The Morgan fingerprint density at radius 1 is 1.10 bits per heavy atom. The number of anilines is 1. The maximum atomic E-state index is 13.3. The van der Waals surface area contributed by atoms with Gasteiger partial charge in [0, 0.05) is 57.7 Å². The van der Waals surface area contributed by atoms with Gasteiger partial charge in [-0.1, -0.05) is 18.2 Å². The summed E-state index contributed by atoms with van der Waals surface area (Å²) in [4.78, 5) is 17.3. The van der Waals surface area contributed by atoms with Crippen LogP contribution in [0, 0.1) is 6.92 Å². The summed E-state index contributed by atoms with van der Waals surface area (Å²) in [7, 11) is -0.494. The Hall–Kier alpha value is -2.43. The molecule has 1 amide bonds. The van der Waals surface area contributed by atoms with Crippen molar-refractivity contribution >= 4 is 21.8 Å². The van der Waals surface area contributed by atoms with Crippen molar-refractivity contribution in [3.05, 3.63) is 47.8 Å². The SMILES string of the molecule is Cc1nn(C)cc1C1CC(C(=O)N2CCN(c3ccccc3)CC2)N(C)S(=O)(=O)N1. The second-order valence-electron chi connectivity index (χ2n) is 7.93. The Kier molecular flexibility index (Phi) is 5.56. The lowest BCUT2D eigenvalue weighted by Crippen LogP contribution is -2.60. The fourth-order valence-electron chi connectivity index (χ4n) is 4.29. The number of carbonyl (C=O) groups excluding carboxylic acids is 1. The molecule has 0 spiro atoms. The molecule has 30 heavy (non-hydrogen) atoms. The summed E-state index contributed by atoms with van der Waals surface area (Å²) in [6.45, 7) is 4.44. The van der Waals surface area contributed by atoms with Crippen LogP contribution in [-0.2, 0) is 22.1 Å². The average molecular weight is 433 g/mol. The first-order valence-corrected chi connectivity index (χ1v) is 11.5. The van der Waals surface area contributed by atoms with Crippen LogP contribution in [0.3, 0.4) is 0 Å². The van der Waals surface area contributed by atoms with Gasteiger partial charge in [0.05, 0.1) is 11.7 Å². The van der Waals surface area contributed by atoms with Crippen LogP contribution in [0.1, 0.15) is 23.7 Å². The smallest absolute Gasteiger partial charge is 0.280 e. The second-order valence-corrected chi connectivity index (χ2v) is 9.70. The molecular formula is C20H28N6O3S. The molecule has 162 valence electrons. The van der Waals surface area contributed by atoms with E-state index >= 15 is 0 Å². The van der Waals surface area contributed by atoms with E-state index in [9.17, 15) is 13.2 Å². The fourth-order valence-corrected chi connectivity index (χ4v) is 5.55. The van der Waals surface area contributed by atoms with E-state index in [0.29, 0.717) is 19.5 Å². The summed E-state index contributed by atoms with van der Waals surface area (Å²) in [6.07, 6.45) is 2.19. The highest BCUT2D eigenvalue weighted by molar-refractivity contribution is 7.87. The van der Waals surface area contributed by atoms with Crippen molar-refractivity contribution in [2.45, 2.75) is 25.4 Å². The number of likely N-dealkylation sites (N-methyl/N-ethyl adjacent to an activating group) is 1. The first kappa shape index (κ1) is 20.8. The molecule has 2 atom stereocenters. The molecular weight excluding hydrogens is 404 g/mol. The van der Waals surface area contributed by atoms with Gasteiger partial charge in [-0.15, -0.1) is 0 Å². The lowest BCUT2D eigenvalue weighted by atomic mass is 9.99. The molecule has 0 radical (unpaired) electrons. The summed E-state index contributed by atoms with van der Waals surface area (Å²) in [6, 6.07) is 8.90. The van der Waals surface area contributed by atoms with Crippen LogP contribution >= 0.6 is 0 Å². The number of benzene rings is 1. The first-order chi connectivity index (χ1) is 14.3. The third kappa shape index (κ3) is 3.94. The third-order valence-electron chi connectivity index (χ3n) is 5.99. The lowest BCUT2D eigenvalue weighted by Gasteiger charge is -2.41. The Balaban J connectivity index is 1.49. The molecule has 1 aromatic carbocycles. The summed E-state index contributed by atoms with van der Waals surface area (Å²) in [5, 5.41) is 4.32. The van der Waals surface area contributed by atoms with Crippen LogP contribution in [0.4, 0.5) is 5.69 Å². The molecule has 10 heteroatoms. The monoisotopic (exact) mass is 432 g/mol. The van der Waals surface area contributed by atoms with Crippen LogP contribution in [0.5, 0.6) is 0 Å². The summed E-state index contributed by atoms with van der Waals surface area (Å²) in [5.41, 5.74) is 2.71. The van der Waals surface area contributed by atoms with Crippen molar-refractivity contribution in [1.82, 2.24) is 23.7 Å². The maximum absolute atomic E-state index is 13.3. The number of nitrogens with one attached hydrogen (secondary N) is 1. The Morgan fingerprint density at radius 3 is 2.37 bits per heavy atom. The predicted octanol–water partition coefficient (Wildman–Crippen LogP) is 0.657. The molecule has 9 nitrogen and oxygen atoms in total. The quantitative estimate of drug-likeness (QED) is 0.769. The zero-order valence-electron chi connectivity index (χ0n) is 17.5. The standard InChI is InChI=1S/C20H28N6O3S/c1-15-17(14-23(2)21-15)18-13-19(24(3)30(28,29)22-18)20(27)26-11-9-25(10-12-26)16-7-5-4-6-8-16/h4-8,14,18-19,22H,9-13H2,1-3H3. The van der Waals surface area contributed by atoms with Gasteiger partial charge in [-0.05, 0) is 25.5 Å². The number of rotatable bonds is 3. The number of aryl methyl sites for hydroxylation is 2. The van der Waals surface area contributed by atoms with Crippen molar-refractivity contribution in [2.75, 3.05) is 38.1 Å². The molecule has 0 aliphatic carbocycles. The molecule has 4 rings (SSSR count). The van der Waals surface area contributed by atoms with E-state index < -0.39 is 22.3 Å². The van der Waals surface area contributed by atoms with E-state index in [1.165, 1.54) is 11.4 Å². The molecule has 2 aliphatic heterocycles. The zero-order valence-corrected chi connectivity index (χ0v) is 18.3. The highest BCUT2D eigenvalue weighted by Gasteiger charge is 2.43. The van der Waals surface area contributed by atoms with Crippen LogP contribution in [-0.4, -0.2) is 72.6 Å². The average Bonchev–Trinajstić information content (AvgIpc) is 3.08. The normalized spacial score (nSPS) is 24.8. The van der Waals surface area contributed by atoms with Gasteiger partial charge in [0.1, 0.15) is 6.04 Å². The second kappa shape index (κ2) is 8.01. The number of carbonyl (C=O) groups is 1. The molecule has 2 unspecified atom stereocenters. The summed E-state index contributed by atoms with van der Waals surface area (Å²) in [5.74, 6) is -0.137. The Bertz CT molecular complexity index is 1010. The first-order valence-electron chi connectivity index (χ1n) is 10.1. The molecule has 2 aliphatic rings. The minimum atomic E-state index is -3.76. The van der Waals surface area contributed by atoms with Crippen LogP contribution in [0.25, 0.3) is 0 Å². The van der Waals surface area contributed by atoms with E-state index in [1.807, 2.05) is 31.3 Å². The highest BCUT2D eigenvalue weighted by Crippen LogP contribution is 2.30. The number of hydrogen-bond acceptors (Lipinski definition) is 5. The van der Waals surface area contributed by atoms with Gasteiger partial charge in [-0.2, -0.15) is 22.5 Å². The largest absolute Gasteiger partial charge is 0.368 e. The van der Waals surface area contributed by atoms with Gasteiger partial charge in [-0.3, -0.25) is 9.48 Å². The fraction of sp³-hybridized carbons (Fsp3) is 0.500. The van der Waals surface area contributed by atoms with Gasteiger partial charge in [0.2, 0.25) is 5.91 Å². The highest BCUT2D eigenvalue weighted by atomic mass is 32.2. The van der Waals surface area contributed by atoms with Gasteiger partial charge < -0.3 is 9.80 Å². The number of hydrogen-bond donors (Lipinski definition) is 1. The topological polar surface area (TPSA) is 90.8 Å². The molecule has 1 N–H and O–H groups in total. The van der Waals surface area contributed by atoms with Gasteiger partial charge in [0.15, 0.2) is 0 Å². The van der Waals surface area contributed by atoms with Crippen LogP contribution < -0.4 is 9.62 Å². The van der Waals surface area contributed by atoms with Gasteiger partial charge in [0.25, 0.3) is 10.2 Å². The predicted molar refractivity (Wildman–Crippen MR) is 114 cm³/mol. The van der Waals surface area contributed by atoms with Crippen molar-refractivity contribution < 1.29 is 13.2 Å². The third-order valence-corrected chi connectivity index (χ3v) is 7.59. The van der Waals surface area contributed by atoms with E-state index in [0.717, 1.165) is 30.0 Å². The lowest BCUT2D eigenvalue weighted by molar-refractivity contribution is -0.136. The molecule has 2 fully saturated rings. The van der Waals surface area contributed by atoms with E-state index in [2.05, 4.69) is 26.9 Å². The minimum absolute atomic E-state index is 0.137. The van der Waals surface area contributed by atoms with Gasteiger partial charge in [-0.25, -0.2) is 0 Å².